The number of rotatable bonds is 1. The molecule has 0 bridgehead atoms. The SMILES string of the molecule is CCc1ccc2c(c1)NC(=O)CC2N. The Morgan fingerprint density at radius 3 is 3.07 bits per heavy atom. The molecular formula is C11H14N2O. The van der Waals surface area contributed by atoms with E-state index in [1.54, 1.807) is 0 Å². The van der Waals surface area contributed by atoms with Crippen molar-refractivity contribution in [1.82, 2.24) is 0 Å². The van der Waals surface area contributed by atoms with Gasteiger partial charge in [-0.2, -0.15) is 0 Å². The lowest BCUT2D eigenvalue weighted by molar-refractivity contribution is -0.116. The second-order valence-electron chi connectivity index (χ2n) is 3.63. The first-order valence-corrected chi connectivity index (χ1v) is 4.89. The minimum atomic E-state index is -0.148. The molecule has 14 heavy (non-hydrogen) atoms. The van der Waals surface area contributed by atoms with Crippen LogP contribution in [-0.2, 0) is 11.2 Å². The average molecular weight is 190 g/mol. The standard InChI is InChI=1S/C11H14N2O/c1-2-7-3-4-8-9(12)6-11(14)13-10(8)5-7/h3-5,9H,2,6,12H2,1H3,(H,13,14). The second kappa shape index (κ2) is 3.42. The van der Waals surface area contributed by atoms with E-state index in [0.29, 0.717) is 6.42 Å². The summed E-state index contributed by atoms with van der Waals surface area (Å²) >= 11 is 0. The van der Waals surface area contributed by atoms with E-state index in [1.165, 1.54) is 5.56 Å². The first-order chi connectivity index (χ1) is 6.70. The summed E-state index contributed by atoms with van der Waals surface area (Å²) in [4.78, 5) is 11.2. The number of hydrogen-bond donors (Lipinski definition) is 2. The Labute approximate surface area is 83.3 Å². The van der Waals surface area contributed by atoms with Gasteiger partial charge >= 0.3 is 0 Å². The van der Waals surface area contributed by atoms with Gasteiger partial charge < -0.3 is 11.1 Å². The monoisotopic (exact) mass is 190 g/mol. The quantitative estimate of drug-likeness (QED) is 0.706. The van der Waals surface area contributed by atoms with E-state index >= 15 is 0 Å². The second-order valence-corrected chi connectivity index (χ2v) is 3.63. The van der Waals surface area contributed by atoms with Gasteiger partial charge in [0.05, 0.1) is 0 Å². The fraction of sp³-hybridized carbons (Fsp3) is 0.364. The number of fused-ring (bicyclic) bond motifs is 1. The summed E-state index contributed by atoms with van der Waals surface area (Å²) in [7, 11) is 0. The molecule has 1 amide bonds. The molecule has 0 spiro atoms. The van der Waals surface area contributed by atoms with Crippen LogP contribution in [-0.4, -0.2) is 5.91 Å². The molecule has 1 heterocycles. The maximum absolute atomic E-state index is 11.2. The lowest BCUT2D eigenvalue weighted by Crippen LogP contribution is -2.27. The van der Waals surface area contributed by atoms with Crippen molar-refractivity contribution in [2.45, 2.75) is 25.8 Å². The van der Waals surface area contributed by atoms with Gasteiger partial charge in [-0.05, 0) is 23.6 Å². The van der Waals surface area contributed by atoms with Gasteiger partial charge in [0.25, 0.3) is 0 Å². The highest BCUT2D eigenvalue weighted by atomic mass is 16.1. The van der Waals surface area contributed by atoms with E-state index in [9.17, 15) is 4.79 Å². The van der Waals surface area contributed by atoms with Crippen LogP contribution >= 0.6 is 0 Å². The van der Waals surface area contributed by atoms with Gasteiger partial charge in [0.1, 0.15) is 0 Å². The predicted octanol–water partition coefficient (Wildman–Crippen LogP) is 1.59. The Bertz CT molecular complexity index is 374. The molecule has 1 aliphatic heterocycles. The van der Waals surface area contributed by atoms with Crippen molar-refractivity contribution in [3.05, 3.63) is 29.3 Å². The number of carbonyl (C=O) groups is 1. The Hall–Kier alpha value is -1.35. The van der Waals surface area contributed by atoms with Gasteiger partial charge in [-0.15, -0.1) is 0 Å². The lowest BCUT2D eigenvalue weighted by atomic mass is 9.96. The van der Waals surface area contributed by atoms with Crippen LogP contribution in [0.3, 0.4) is 0 Å². The number of aryl methyl sites for hydroxylation is 1. The molecule has 0 saturated carbocycles. The van der Waals surface area contributed by atoms with Crippen LogP contribution in [0.4, 0.5) is 5.69 Å². The molecule has 1 aliphatic rings. The summed E-state index contributed by atoms with van der Waals surface area (Å²) in [5.74, 6) is 0.0123. The highest BCUT2D eigenvalue weighted by Crippen LogP contribution is 2.29. The summed E-state index contributed by atoms with van der Waals surface area (Å²) in [5.41, 5.74) is 9.01. The number of carbonyl (C=O) groups excluding carboxylic acids is 1. The minimum Gasteiger partial charge on any atom is -0.326 e. The predicted molar refractivity (Wildman–Crippen MR) is 56.0 cm³/mol. The van der Waals surface area contributed by atoms with Crippen LogP contribution in [0.1, 0.15) is 30.5 Å². The molecule has 1 aromatic rings. The third-order valence-electron chi connectivity index (χ3n) is 2.60. The Kier molecular flexibility index (Phi) is 2.25. The van der Waals surface area contributed by atoms with Gasteiger partial charge in [-0.1, -0.05) is 19.1 Å². The Balaban J connectivity index is 2.43. The third-order valence-corrected chi connectivity index (χ3v) is 2.60. The largest absolute Gasteiger partial charge is 0.326 e. The molecule has 0 radical (unpaired) electrons. The zero-order valence-electron chi connectivity index (χ0n) is 8.21. The van der Waals surface area contributed by atoms with Gasteiger partial charge in [-0.3, -0.25) is 4.79 Å². The molecule has 3 heteroatoms. The van der Waals surface area contributed by atoms with E-state index < -0.39 is 0 Å². The number of nitrogens with one attached hydrogen (secondary N) is 1. The fourth-order valence-corrected chi connectivity index (χ4v) is 1.77. The minimum absolute atomic E-state index is 0.0123. The van der Waals surface area contributed by atoms with E-state index in [0.717, 1.165) is 17.7 Å². The maximum atomic E-state index is 11.2. The molecule has 0 aromatic heterocycles. The van der Waals surface area contributed by atoms with Gasteiger partial charge in [0.15, 0.2) is 0 Å². The molecule has 2 rings (SSSR count). The van der Waals surface area contributed by atoms with Crippen LogP contribution in [0, 0.1) is 0 Å². The molecule has 0 fully saturated rings. The number of nitrogens with two attached hydrogens (primary N) is 1. The Morgan fingerprint density at radius 1 is 1.57 bits per heavy atom. The summed E-state index contributed by atoms with van der Waals surface area (Å²) in [5, 5.41) is 2.85. The summed E-state index contributed by atoms with van der Waals surface area (Å²) in [6, 6.07) is 5.94. The highest BCUT2D eigenvalue weighted by molar-refractivity contribution is 5.94. The number of amides is 1. The summed E-state index contributed by atoms with van der Waals surface area (Å²) in [6.45, 7) is 2.09. The third kappa shape index (κ3) is 1.51. The van der Waals surface area contributed by atoms with Crippen molar-refractivity contribution in [1.29, 1.82) is 0 Å². The highest BCUT2D eigenvalue weighted by Gasteiger charge is 2.21. The molecule has 1 atom stereocenters. The maximum Gasteiger partial charge on any atom is 0.226 e. The molecule has 1 aromatic carbocycles. The van der Waals surface area contributed by atoms with Crippen molar-refractivity contribution >= 4 is 11.6 Å². The van der Waals surface area contributed by atoms with Crippen LogP contribution in [0.5, 0.6) is 0 Å². The van der Waals surface area contributed by atoms with Crippen molar-refractivity contribution in [2.75, 3.05) is 5.32 Å². The zero-order valence-corrected chi connectivity index (χ0v) is 8.21. The summed E-state index contributed by atoms with van der Waals surface area (Å²) < 4.78 is 0. The number of anilines is 1. The van der Waals surface area contributed by atoms with Gasteiger partial charge in [0, 0.05) is 18.2 Å². The van der Waals surface area contributed by atoms with Crippen LogP contribution in [0.15, 0.2) is 18.2 Å². The molecule has 0 saturated heterocycles. The van der Waals surface area contributed by atoms with Gasteiger partial charge in [0.2, 0.25) is 5.91 Å². The van der Waals surface area contributed by atoms with Crippen molar-refractivity contribution in [3.8, 4) is 0 Å². The molecule has 3 nitrogen and oxygen atoms in total. The molecule has 74 valence electrons. The smallest absolute Gasteiger partial charge is 0.226 e. The summed E-state index contributed by atoms with van der Waals surface area (Å²) in [6.07, 6.45) is 1.36. The molecule has 3 N–H and O–H groups in total. The lowest BCUT2D eigenvalue weighted by Gasteiger charge is -2.22. The van der Waals surface area contributed by atoms with Crippen molar-refractivity contribution < 1.29 is 4.79 Å². The fourth-order valence-electron chi connectivity index (χ4n) is 1.77. The van der Waals surface area contributed by atoms with E-state index in [4.69, 9.17) is 5.73 Å². The van der Waals surface area contributed by atoms with Crippen LogP contribution in [0.25, 0.3) is 0 Å². The molecule has 0 aliphatic carbocycles. The van der Waals surface area contributed by atoms with E-state index in [1.807, 2.05) is 12.1 Å². The van der Waals surface area contributed by atoms with Gasteiger partial charge in [-0.25, -0.2) is 0 Å². The normalized spacial score (nSPS) is 20.1. The van der Waals surface area contributed by atoms with E-state index in [-0.39, 0.29) is 11.9 Å². The van der Waals surface area contributed by atoms with Crippen molar-refractivity contribution in [2.24, 2.45) is 5.73 Å². The van der Waals surface area contributed by atoms with E-state index in [2.05, 4.69) is 18.3 Å². The van der Waals surface area contributed by atoms with Crippen molar-refractivity contribution in [3.63, 3.8) is 0 Å². The Morgan fingerprint density at radius 2 is 2.36 bits per heavy atom. The topological polar surface area (TPSA) is 55.1 Å². The zero-order chi connectivity index (χ0) is 10.1. The molecule has 1 unspecified atom stereocenters. The van der Waals surface area contributed by atoms with Crippen LogP contribution in [0.2, 0.25) is 0 Å². The average Bonchev–Trinajstić information content (AvgIpc) is 2.16. The molecular weight excluding hydrogens is 176 g/mol. The van der Waals surface area contributed by atoms with Crippen LogP contribution < -0.4 is 11.1 Å². The first kappa shape index (κ1) is 9.21. The first-order valence-electron chi connectivity index (χ1n) is 4.89. The number of benzene rings is 1. The number of hydrogen-bond acceptors (Lipinski definition) is 2.